The lowest BCUT2D eigenvalue weighted by Crippen LogP contribution is -2.27. The predicted octanol–water partition coefficient (Wildman–Crippen LogP) is 5.34. The molecule has 1 aliphatic carbocycles. The van der Waals surface area contributed by atoms with Crippen molar-refractivity contribution in [1.82, 2.24) is 0 Å². The van der Waals surface area contributed by atoms with Gasteiger partial charge in [-0.2, -0.15) is 5.10 Å². The van der Waals surface area contributed by atoms with Gasteiger partial charge in [-0.25, -0.2) is 0 Å². The molecule has 0 bridgehead atoms. The highest BCUT2D eigenvalue weighted by atomic mass is 79.9. The smallest absolute Gasteiger partial charge is 0.199 e. The van der Waals surface area contributed by atoms with Crippen LogP contribution < -0.4 is 4.90 Å². The van der Waals surface area contributed by atoms with E-state index in [0.29, 0.717) is 10.7 Å². The summed E-state index contributed by atoms with van der Waals surface area (Å²) in [5.74, 6) is 1.42. The average molecular weight is 378 g/mol. The number of amidine groups is 1. The topological polar surface area (TPSA) is 28.0 Å². The minimum absolute atomic E-state index is 0.633. The molecule has 1 fully saturated rings. The molecule has 3 nitrogen and oxygen atoms in total. The molecule has 1 aromatic rings. The van der Waals surface area contributed by atoms with Gasteiger partial charge in [0, 0.05) is 12.3 Å². The van der Waals surface area contributed by atoms with Crippen LogP contribution in [0.3, 0.4) is 0 Å². The van der Waals surface area contributed by atoms with Gasteiger partial charge in [-0.05, 0) is 58.1 Å². The summed E-state index contributed by atoms with van der Waals surface area (Å²) < 4.78 is 0.633. The second kappa shape index (κ2) is 7.79. The number of thioether (sulfide) groups is 1. The van der Waals surface area contributed by atoms with E-state index in [1.54, 1.807) is 11.8 Å². The van der Waals surface area contributed by atoms with Gasteiger partial charge in [-0.1, -0.05) is 31.4 Å². The Morgan fingerprint density at radius 2 is 2.05 bits per heavy atom. The van der Waals surface area contributed by atoms with Gasteiger partial charge in [0.05, 0.1) is 11.6 Å². The van der Waals surface area contributed by atoms with Crippen LogP contribution in [-0.2, 0) is 0 Å². The van der Waals surface area contributed by atoms with Crippen molar-refractivity contribution in [2.75, 3.05) is 17.0 Å². The van der Waals surface area contributed by atoms with Crippen molar-refractivity contribution < 1.29 is 0 Å². The van der Waals surface area contributed by atoms with Crippen molar-refractivity contribution in [1.29, 1.82) is 0 Å². The van der Waals surface area contributed by atoms with Crippen LogP contribution in [0.25, 0.3) is 12.2 Å². The minimum Gasteiger partial charge on any atom is -0.309 e. The molecule has 1 aliphatic rings. The van der Waals surface area contributed by atoms with Crippen molar-refractivity contribution in [2.45, 2.75) is 18.8 Å². The average Bonchev–Trinajstić information content (AvgIpc) is 3.36. The number of hydrogen-bond acceptors (Lipinski definition) is 3. The fourth-order valence-electron chi connectivity index (χ4n) is 2.53. The van der Waals surface area contributed by atoms with Crippen LogP contribution in [-0.4, -0.2) is 23.6 Å². The van der Waals surface area contributed by atoms with E-state index in [4.69, 9.17) is 0 Å². The van der Waals surface area contributed by atoms with E-state index >= 15 is 0 Å². The first-order valence-corrected chi connectivity index (χ1v) is 9.24. The van der Waals surface area contributed by atoms with Gasteiger partial charge >= 0.3 is 0 Å². The molecule has 0 spiro atoms. The Balaban J connectivity index is 2.56. The Bertz CT molecular complexity index is 621. The van der Waals surface area contributed by atoms with Crippen LogP contribution in [0, 0.1) is 0 Å². The van der Waals surface area contributed by atoms with Crippen LogP contribution in [0.15, 0.2) is 35.5 Å². The number of rotatable bonds is 7. The molecule has 0 unspecified atom stereocenters. The molecule has 1 aromatic carbocycles. The number of hydrogen-bond donors (Lipinski definition) is 0. The van der Waals surface area contributed by atoms with Crippen molar-refractivity contribution in [3.05, 3.63) is 42.0 Å². The number of nitrogens with zero attached hydrogens (tertiary/aromatic N) is 3. The standard InChI is InChI=1S/C17H20BrN3S/c1-5-13-14(6-2)16(10-9-15(13)12-7-8-12)21(11-22-4)17(18)20-19-3/h5-6,9-10,12H,1-3,7-8,11H2,4H3/b20-17-. The predicted molar refractivity (Wildman–Crippen MR) is 105 cm³/mol. The van der Waals surface area contributed by atoms with Gasteiger partial charge in [0.15, 0.2) is 4.74 Å². The maximum absolute atomic E-state index is 4.02. The molecule has 0 aromatic heterocycles. The van der Waals surface area contributed by atoms with Gasteiger partial charge in [0.1, 0.15) is 0 Å². The van der Waals surface area contributed by atoms with E-state index in [1.807, 2.05) is 12.2 Å². The monoisotopic (exact) mass is 377 g/mol. The van der Waals surface area contributed by atoms with Gasteiger partial charge in [0.25, 0.3) is 0 Å². The molecule has 0 aliphatic heterocycles. The van der Waals surface area contributed by atoms with Crippen molar-refractivity contribution in [3.8, 4) is 0 Å². The second-order valence-electron chi connectivity index (χ2n) is 5.04. The largest absolute Gasteiger partial charge is 0.309 e. The van der Waals surface area contributed by atoms with Gasteiger partial charge in [-0.3, -0.25) is 0 Å². The molecule has 1 saturated carbocycles. The van der Waals surface area contributed by atoms with Crippen molar-refractivity contribution in [2.24, 2.45) is 10.2 Å². The first-order valence-electron chi connectivity index (χ1n) is 7.05. The zero-order valence-corrected chi connectivity index (χ0v) is 15.2. The fourth-order valence-corrected chi connectivity index (χ4v) is 3.65. The first kappa shape index (κ1) is 17.0. The van der Waals surface area contributed by atoms with Crippen LogP contribution >= 0.6 is 27.7 Å². The molecule has 0 atom stereocenters. The van der Waals surface area contributed by atoms with E-state index in [-0.39, 0.29) is 0 Å². The first-order chi connectivity index (χ1) is 10.7. The second-order valence-corrected chi connectivity index (χ2v) is 6.58. The van der Waals surface area contributed by atoms with Crippen molar-refractivity contribution >= 4 is 57.0 Å². The lowest BCUT2D eigenvalue weighted by molar-refractivity contribution is 1.11. The maximum atomic E-state index is 4.02. The van der Waals surface area contributed by atoms with Gasteiger partial charge in [-0.15, -0.1) is 16.9 Å². The third-order valence-corrected chi connectivity index (χ3v) is 4.75. The van der Waals surface area contributed by atoms with E-state index < -0.39 is 0 Å². The molecule has 0 saturated heterocycles. The number of benzene rings is 1. The van der Waals surface area contributed by atoms with Crippen LogP contribution in [0.1, 0.15) is 35.4 Å². The molecular formula is C17H20BrN3S. The van der Waals surface area contributed by atoms with Crippen molar-refractivity contribution in [3.63, 3.8) is 0 Å². The highest BCUT2D eigenvalue weighted by Crippen LogP contribution is 2.44. The summed E-state index contributed by atoms with van der Waals surface area (Å²) in [5.41, 5.74) is 4.67. The Kier molecular flexibility index (Phi) is 6.03. The highest BCUT2D eigenvalue weighted by molar-refractivity contribution is 9.18. The van der Waals surface area contributed by atoms with Gasteiger partial charge in [0.2, 0.25) is 0 Å². The molecule has 0 amide bonds. The van der Waals surface area contributed by atoms with Gasteiger partial charge < -0.3 is 4.90 Å². The molecule has 2 rings (SSSR count). The Morgan fingerprint density at radius 1 is 1.36 bits per heavy atom. The van der Waals surface area contributed by atoms with Crippen LogP contribution in [0.5, 0.6) is 0 Å². The quantitative estimate of drug-likeness (QED) is 0.211. The molecule has 0 radical (unpaired) electrons. The summed E-state index contributed by atoms with van der Waals surface area (Å²) in [5, 5.41) is 7.63. The molecule has 22 heavy (non-hydrogen) atoms. The maximum Gasteiger partial charge on any atom is 0.199 e. The minimum atomic E-state index is 0.633. The molecule has 5 heteroatoms. The Labute approximate surface area is 145 Å². The molecule has 116 valence electrons. The molecule has 0 heterocycles. The van der Waals surface area contributed by atoms with E-state index in [1.165, 1.54) is 24.0 Å². The summed E-state index contributed by atoms with van der Waals surface area (Å²) in [6, 6.07) is 4.33. The lowest BCUT2D eigenvalue weighted by atomic mass is 9.95. The summed E-state index contributed by atoms with van der Waals surface area (Å²) in [6.45, 7) is 11.4. The Hall–Kier alpha value is -1.33. The van der Waals surface area contributed by atoms with Crippen LogP contribution in [0.2, 0.25) is 0 Å². The zero-order chi connectivity index (χ0) is 16.1. The fraction of sp³-hybridized carbons (Fsp3) is 0.294. The lowest BCUT2D eigenvalue weighted by Gasteiger charge is -2.25. The normalized spacial score (nSPS) is 14.5. The third-order valence-electron chi connectivity index (χ3n) is 3.65. The molecule has 0 N–H and O–H groups in total. The van der Waals surface area contributed by atoms with Crippen LogP contribution in [0.4, 0.5) is 5.69 Å². The molecular weight excluding hydrogens is 358 g/mol. The SMILES string of the molecule is C=Cc1c(C2CC2)ccc(N(CSC)/C(Br)=N\N=C)c1C=C. The number of anilines is 1. The van der Waals surface area contributed by atoms with E-state index in [2.05, 4.69) is 69.3 Å². The number of halogens is 1. The third kappa shape index (κ3) is 3.52. The summed E-state index contributed by atoms with van der Waals surface area (Å²) >= 11 is 5.19. The van der Waals surface area contributed by atoms with E-state index in [9.17, 15) is 0 Å². The van der Waals surface area contributed by atoms with E-state index in [0.717, 1.165) is 17.1 Å². The Morgan fingerprint density at radius 3 is 2.55 bits per heavy atom. The highest BCUT2D eigenvalue weighted by Gasteiger charge is 2.27. The zero-order valence-electron chi connectivity index (χ0n) is 12.8. The summed E-state index contributed by atoms with van der Waals surface area (Å²) in [7, 11) is 0. The summed E-state index contributed by atoms with van der Waals surface area (Å²) in [6.07, 6.45) is 8.40. The summed E-state index contributed by atoms with van der Waals surface area (Å²) in [4.78, 5) is 2.06.